The average Bonchev–Trinajstić information content (AvgIpc) is 2.38. The van der Waals surface area contributed by atoms with Crippen LogP contribution in [0.2, 0.25) is 10.3 Å². The highest BCUT2D eigenvalue weighted by Gasteiger charge is 2.10. The first kappa shape index (κ1) is 13.3. The summed E-state index contributed by atoms with van der Waals surface area (Å²) in [7, 11) is 0. The van der Waals surface area contributed by atoms with Crippen LogP contribution in [0.4, 0.5) is 5.69 Å². The third kappa shape index (κ3) is 3.22. The molecule has 0 aliphatic rings. The number of nitrogens with zero attached hydrogens (tertiary/aromatic N) is 2. The molecule has 6 heteroatoms. The van der Waals surface area contributed by atoms with Crippen LogP contribution in [0, 0.1) is 11.3 Å². The zero-order valence-corrected chi connectivity index (χ0v) is 11.0. The molecule has 2 rings (SSSR count). The number of benzene rings is 1. The van der Waals surface area contributed by atoms with Crippen molar-refractivity contribution in [2.45, 2.75) is 0 Å². The van der Waals surface area contributed by atoms with Crippen molar-refractivity contribution in [3.05, 3.63) is 57.8 Å². The van der Waals surface area contributed by atoms with E-state index in [0.717, 1.165) is 0 Å². The van der Waals surface area contributed by atoms with Gasteiger partial charge in [-0.3, -0.25) is 4.79 Å². The van der Waals surface area contributed by atoms with Crippen LogP contribution < -0.4 is 5.32 Å². The fourth-order valence-electron chi connectivity index (χ4n) is 1.48. The molecular formula is C13H7Cl2N3O. The number of nitrogens with one attached hydrogen (secondary N) is 1. The zero-order chi connectivity index (χ0) is 13.8. The molecule has 1 aromatic heterocycles. The highest BCUT2D eigenvalue weighted by molar-refractivity contribution is 6.33. The standard InChI is InChI=1S/C13H7Cl2N3O/c14-11-5-9(6-12(15)18-11)13(19)17-10-4-2-1-3-8(10)7-16/h1-6H,(H,17,19). The quantitative estimate of drug-likeness (QED) is 0.861. The van der Waals surface area contributed by atoms with E-state index in [2.05, 4.69) is 10.3 Å². The van der Waals surface area contributed by atoms with Gasteiger partial charge in [0.05, 0.1) is 11.3 Å². The molecule has 0 saturated carbocycles. The minimum absolute atomic E-state index is 0.131. The molecule has 4 nitrogen and oxygen atoms in total. The zero-order valence-electron chi connectivity index (χ0n) is 9.52. The number of hydrogen-bond donors (Lipinski definition) is 1. The molecule has 2 aromatic rings. The Hall–Kier alpha value is -2.09. The molecule has 1 heterocycles. The number of carbonyl (C=O) groups is 1. The van der Waals surface area contributed by atoms with E-state index < -0.39 is 5.91 Å². The van der Waals surface area contributed by atoms with Crippen molar-refractivity contribution >= 4 is 34.8 Å². The van der Waals surface area contributed by atoms with Crippen molar-refractivity contribution < 1.29 is 4.79 Å². The van der Waals surface area contributed by atoms with E-state index in [4.69, 9.17) is 28.5 Å². The molecule has 1 N–H and O–H groups in total. The van der Waals surface area contributed by atoms with Crippen LogP contribution in [0.3, 0.4) is 0 Å². The van der Waals surface area contributed by atoms with Gasteiger partial charge in [0.15, 0.2) is 0 Å². The summed E-state index contributed by atoms with van der Waals surface area (Å²) in [6.45, 7) is 0. The van der Waals surface area contributed by atoms with Gasteiger partial charge in [-0.2, -0.15) is 5.26 Å². The Morgan fingerprint density at radius 1 is 1.21 bits per heavy atom. The summed E-state index contributed by atoms with van der Waals surface area (Å²) in [5.41, 5.74) is 1.08. The molecule has 0 fully saturated rings. The van der Waals surface area contributed by atoms with E-state index in [0.29, 0.717) is 11.3 Å². The summed E-state index contributed by atoms with van der Waals surface area (Å²) in [6.07, 6.45) is 0. The highest BCUT2D eigenvalue weighted by atomic mass is 35.5. The third-order valence-electron chi connectivity index (χ3n) is 2.32. The monoisotopic (exact) mass is 291 g/mol. The second-order valence-corrected chi connectivity index (χ2v) is 4.39. The van der Waals surface area contributed by atoms with Crippen molar-refractivity contribution in [2.24, 2.45) is 0 Å². The molecule has 0 aliphatic heterocycles. The predicted octanol–water partition coefficient (Wildman–Crippen LogP) is 3.51. The first-order valence-corrected chi connectivity index (χ1v) is 5.99. The van der Waals surface area contributed by atoms with Crippen molar-refractivity contribution in [1.29, 1.82) is 5.26 Å². The molecule has 0 bridgehead atoms. The summed E-state index contributed by atoms with van der Waals surface area (Å²) in [5.74, 6) is -0.408. The van der Waals surface area contributed by atoms with Gasteiger partial charge < -0.3 is 5.32 Å². The van der Waals surface area contributed by atoms with Crippen LogP contribution in [-0.4, -0.2) is 10.9 Å². The van der Waals surface area contributed by atoms with Gasteiger partial charge in [0.25, 0.3) is 5.91 Å². The van der Waals surface area contributed by atoms with Gasteiger partial charge in [-0.25, -0.2) is 4.98 Å². The van der Waals surface area contributed by atoms with Crippen LogP contribution in [0.25, 0.3) is 0 Å². The number of para-hydroxylation sites is 1. The van der Waals surface area contributed by atoms with Crippen molar-refractivity contribution in [2.75, 3.05) is 5.32 Å². The molecular weight excluding hydrogens is 285 g/mol. The lowest BCUT2D eigenvalue weighted by Gasteiger charge is -2.07. The molecule has 19 heavy (non-hydrogen) atoms. The number of anilines is 1. The summed E-state index contributed by atoms with van der Waals surface area (Å²) in [6, 6.07) is 11.5. The molecule has 0 spiro atoms. The second kappa shape index (κ2) is 5.70. The Morgan fingerprint density at radius 2 is 1.84 bits per heavy atom. The fraction of sp³-hybridized carbons (Fsp3) is 0. The highest BCUT2D eigenvalue weighted by Crippen LogP contribution is 2.18. The molecule has 0 saturated heterocycles. The normalized spacial score (nSPS) is 9.74. The van der Waals surface area contributed by atoms with Gasteiger partial charge in [0.1, 0.15) is 16.4 Å². The number of pyridine rings is 1. The molecule has 0 atom stereocenters. The molecule has 0 unspecified atom stereocenters. The lowest BCUT2D eigenvalue weighted by atomic mass is 10.2. The van der Waals surface area contributed by atoms with Crippen LogP contribution in [0.15, 0.2) is 36.4 Å². The van der Waals surface area contributed by atoms with Crippen LogP contribution in [-0.2, 0) is 0 Å². The Bertz CT molecular complexity index is 660. The number of nitriles is 1. The number of hydrogen-bond acceptors (Lipinski definition) is 3. The Morgan fingerprint density at radius 3 is 2.47 bits per heavy atom. The van der Waals surface area contributed by atoms with Gasteiger partial charge in [-0.05, 0) is 24.3 Å². The number of rotatable bonds is 2. The molecule has 0 radical (unpaired) electrons. The van der Waals surface area contributed by atoms with E-state index in [9.17, 15) is 4.79 Å². The third-order valence-corrected chi connectivity index (χ3v) is 2.71. The first-order chi connectivity index (χ1) is 9.10. The number of halogens is 2. The van der Waals surface area contributed by atoms with Gasteiger partial charge in [0, 0.05) is 5.56 Å². The van der Waals surface area contributed by atoms with E-state index in [1.807, 2.05) is 6.07 Å². The maximum absolute atomic E-state index is 12.0. The fourth-order valence-corrected chi connectivity index (χ4v) is 1.94. The maximum atomic E-state index is 12.0. The van der Waals surface area contributed by atoms with Crippen LogP contribution >= 0.6 is 23.2 Å². The molecule has 1 amide bonds. The topological polar surface area (TPSA) is 65.8 Å². The van der Waals surface area contributed by atoms with Crippen molar-refractivity contribution in [1.82, 2.24) is 4.98 Å². The Labute approximate surface area is 119 Å². The first-order valence-electron chi connectivity index (χ1n) is 5.23. The van der Waals surface area contributed by atoms with Crippen LogP contribution in [0.5, 0.6) is 0 Å². The largest absolute Gasteiger partial charge is 0.321 e. The van der Waals surface area contributed by atoms with Gasteiger partial charge in [-0.1, -0.05) is 35.3 Å². The summed E-state index contributed by atoms with van der Waals surface area (Å²) < 4.78 is 0. The van der Waals surface area contributed by atoms with E-state index in [1.54, 1.807) is 24.3 Å². The number of aromatic nitrogens is 1. The second-order valence-electron chi connectivity index (χ2n) is 3.61. The lowest BCUT2D eigenvalue weighted by molar-refractivity contribution is 0.102. The Balaban J connectivity index is 2.29. The molecule has 0 aliphatic carbocycles. The van der Waals surface area contributed by atoms with Gasteiger partial charge >= 0.3 is 0 Å². The van der Waals surface area contributed by atoms with E-state index >= 15 is 0 Å². The van der Waals surface area contributed by atoms with E-state index in [1.165, 1.54) is 12.1 Å². The number of amides is 1. The minimum Gasteiger partial charge on any atom is -0.321 e. The lowest BCUT2D eigenvalue weighted by Crippen LogP contribution is -2.13. The maximum Gasteiger partial charge on any atom is 0.255 e. The number of carbonyl (C=O) groups excluding carboxylic acids is 1. The predicted molar refractivity (Wildman–Crippen MR) is 73.4 cm³/mol. The van der Waals surface area contributed by atoms with Gasteiger partial charge in [-0.15, -0.1) is 0 Å². The average molecular weight is 292 g/mol. The van der Waals surface area contributed by atoms with Crippen molar-refractivity contribution in [3.8, 4) is 6.07 Å². The minimum atomic E-state index is -0.408. The van der Waals surface area contributed by atoms with Crippen molar-refractivity contribution in [3.63, 3.8) is 0 Å². The smallest absolute Gasteiger partial charge is 0.255 e. The van der Waals surface area contributed by atoms with E-state index in [-0.39, 0.29) is 15.9 Å². The summed E-state index contributed by atoms with van der Waals surface area (Å²) in [4.78, 5) is 15.8. The SMILES string of the molecule is N#Cc1ccccc1NC(=O)c1cc(Cl)nc(Cl)c1. The molecule has 94 valence electrons. The summed E-state index contributed by atoms with van der Waals surface area (Å²) >= 11 is 11.5. The van der Waals surface area contributed by atoms with Gasteiger partial charge in [0.2, 0.25) is 0 Å². The summed E-state index contributed by atoms with van der Waals surface area (Å²) in [5, 5.41) is 11.8. The van der Waals surface area contributed by atoms with Crippen LogP contribution in [0.1, 0.15) is 15.9 Å². The Kier molecular flexibility index (Phi) is 4.00. The molecule has 1 aromatic carbocycles.